The molecule has 1 rings (SSSR count). The number of carbonyl (C=O) groups is 1. The molecule has 2 atom stereocenters. The first-order chi connectivity index (χ1) is 8.93. The van der Waals surface area contributed by atoms with Crippen LogP contribution in [0.1, 0.15) is 44.4 Å². The first kappa shape index (κ1) is 15.5. The van der Waals surface area contributed by atoms with Crippen molar-refractivity contribution in [3.8, 4) is 5.75 Å². The van der Waals surface area contributed by atoms with Gasteiger partial charge in [0, 0.05) is 12.1 Å². The lowest BCUT2D eigenvalue weighted by atomic mass is 10.1. The Morgan fingerprint density at radius 1 is 1.42 bits per heavy atom. The minimum Gasteiger partial charge on any atom is -0.484 e. The van der Waals surface area contributed by atoms with Gasteiger partial charge in [-0.15, -0.1) is 0 Å². The Kier molecular flexibility index (Phi) is 5.83. The summed E-state index contributed by atoms with van der Waals surface area (Å²) in [6.07, 6.45) is 0.911. The third-order valence-corrected chi connectivity index (χ3v) is 3.10. The molecule has 0 aliphatic carbocycles. The molecule has 0 aliphatic rings. The van der Waals surface area contributed by atoms with Crippen molar-refractivity contribution in [2.45, 2.75) is 46.2 Å². The van der Waals surface area contributed by atoms with Gasteiger partial charge in [0.25, 0.3) is 5.91 Å². The number of hydrogen-bond acceptors (Lipinski definition) is 3. The van der Waals surface area contributed by atoms with Crippen molar-refractivity contribution >= 4 is 5.91 Å². The Morgan fingerprint density at radius 3 is 2.63 bits per heavy atom. The molecule has 0 radical (unpaired) electrons. The van der Waals surface area contributed by atoms with Crippen molar-refractivity contribution in [2.24, 2.45) is 5.73 Å². The van der Waals surface area contributed by atoms with Crippen molar-refractivity contribution < 1.29 is 9.53 Å². The normalized spacial score (nSPS) is 13.7. The molecular formula is C15H24N2O2. The SMILES string of the molecule is CCC(C)NC(=O)COc1ccc([C@@H](C)N)cc1C. The first-order valence-electron chi connectivity index (χ1n) is 6.72. The molecule has 0 spiro atoms. The van der Waals surface area contributed by atoms with E-state index in [1.165, 1.54) is 0 Å². The maximum Gasteiger partial charge on any atom is 0.258 e. The molecule has 3 N–H and O–H groups in total. The van der Waals surface area contributed by atoms with Crippen molar-refractivity contribution in [3.05, 3.63) is 29.3 Å². The predicted octanol–water partition coefficient (Wildman–Crippen LogP) is 2.31. The standard InChI is InChI=1S/C15H24N2O2/c1-5-11(3)17-15(18)9-19-14-7-6-13(12(4)16)8-10(14)2/h6-8,11-12H,5,9,16H2,1-4H3,(H,17,18)/t11?,12-/m1/s1. The van der Waals surface area contributed by atoms with Gasteiger partial charge in [-0.2, -0.15) is 0 Å². The molecular weight excluding hydrogens is 240 g/mol. The number of ether oxygens (including phenoxy) is 1. The Morgan fingerprint density at radius 2 is 2.11 bits per heavy atom. The Labute approximate surface area is 115 Å². The van der Waals surface area contributed by atoms with Crippen LogP contribution in [0.15, 0.2) is 18.2 Å². The Hall–Kier alpha value is -1.55. The first-order valence-corrected chi connectivity index (χ1v) is 6.72. The van der Waals surface area contributed by atoms with Crippen LogP contribution in [0.5, 0.6) is 5.75 Å². The lowest BCUT2D eigenvalue weighted by molar-refractivity contribution is -0.123. The summed E-state index contributed by atoms with van der Waals surface area (Å²) in [4.78, 5) is 11.6. The maximum atomic E-state index is 11.6. The molecule has 1 aromatic rings. The fourth-order valence-corrected chi connectivity index (χ4v) is 1.68. The summed E-state index contributed by atoms with van der Waals surface area (Å²) in [6, 6.07) is 5.97. The van der Waals surface area contributed by atoms with Crippen LogP contribution in [0.4, 0.5) is 0 Å². The summed E-state index contributed by atoms with van der Waals surface area (Å²) < 4.78 is 5.53. The molecule has 1 unspecified atom stereocenters. The van der Waals surface area contributed by atoms with Gasteiger partial charge in [0.05, 0.1) is 0 Å². The smallest absolute Gasteiger partial charge is 0.258 e. The highest BCUT2D eigenvalue weighted by atomic mass is 16.5. The second-order valence-electron chi connectivity index (χ2n) is 4.98. The summed E-state index contributed by atoms with van der Waals surface area (Å²) in [5.74, 6) is 0.633. The predicted molar refractivity (Wildman–Crippen MR) is 77.2 cm³/mol. The van der Waals surface area contributed by atoms with Gasteiger partial charge in [-0.05, 0) is 44.4 Å². The van der Waals surface area contributed by atoms with Gasteiger partial charge < -0.3 is 15.8 Å². The van der Waals surface area contributed by atoms with Crippen LogP contribution < -0.4 is 15.8 Å². The number of benzene rings is 1. The third-order valence-electron chi connectivity index (χ3n) is 3.10. The van der Waals surface area contributed by atoms with Crippen molar-refractivity contribution in [2.75, 3.05) is 6.61 Å². The molecule has 0 fully saturated rings. The summed E-state index contributed by atoms with van der Waals surface area (Å²) in [7, 11) is 0. The minimum atomic E-state index is -0.0926. The fourth-order valence-electron chi connectivity index (χ4n) is 1.68. The van der Waals surface area contributed by atoms with E-state index in [0.717, 1.165) is 23.3 Å². The molecule has 4 heteroatoms. The van der Waals surface area contributed by atoms with Crippen LogP contribution in [0.3, 0.4) is 0 Å². The zero-order valence-corrected chi connectivity index (χ0v) is 12.2. The molecule has 4 nitrogen and oxygen atoms in total. The molecule has 0 heterocycles. The highest BCUT2D eigenvalue weighted by Gasteiger charge is 2.08. The van der Waals surface area contributed by atoms with Gasteiger partial charge in [-0.1, -0.05) is 19.1 Å². The van der Waals surface area contributed by atoms with Crippen LogP contribution in [0, 0.1) is 6.92 Å². The van der Waals surface area contributed by atoms with Crippen LogP contribution in [-0.4, -0.2) is 18.6 Å². The average molecular weight is 264 g/mol. The van der Waals surface area contributed by atoms with Crippen LogP contribution in [-0.2, 0) is 4.79 Å². The molecule has 0 aliphatic heterocycles. The van der Waals surface area contributed by atoms with E-state index in [1.54, 1.807) is 0 Å². The minimum absolute atomic E-state index is 0.00134. The summed E-state index contributed by atoms with van der Waals surface area (Å²) in [6.45, 7) is 7.94. The molecule has 1 aromatic carbocycles. The van der Waals surface area contributed by atoms with Crippen molar-refractivity contribution in [1.29, 1.82) is 0 Å². The zero-order chi connectivity index (χ0) is 14.4. The van der Waals surface area contributed by atoms with E-state index < -0.39 is 0 Å². The van der Waals surface area contributed by atoms with E-state index in [1.807, 2.05) is 45.9 Å². The van der Waals surface area contributed by atoms with Gasteiger partial charge in [0.2, 0.25) is 0 Å². The van der Waals surface area contributed by atoms with Gasteiger partial charge in [0.1, 0.15) is 5.75 Å². The Bertz CT molecular complexity index is 430. The quantitative estimate of drug-likeness (QED) is 0.828. The van der Waals surface area contributed by atoms with E-state index in [9.17, 15) is 4.79 Å². The van der Waals surface area contributed by atoms with E-state index in [4.69, 9.17) is 10.5 Å². The molecule has 0 bridgehead atoms. The number of nitrogens with two attached hydrogens (primary N) is 1. The molecule has 19 heavy (non-hydrogen) atoms. The molecule has 0 saturated heterocycles. The van der Waals surface area contributed by atoms with Crippen molar-refractivity contribution in [1.82, 2.24) is 5.32 Å². The highest BCUT2D eigenvalue weighted by Crippen LogP contribution is 2.21. The summed E-state index contributed by atoms with van der Waals surface area (Å²) in [5, 5.41) is 2.86. The number of rotatable bonds is 6. The van der Waals surface area contributed by atoms with Gasteiger partial charge >= 0.3 is 0 Å². The second-order valence-corrected chi connectivity index (χ2v) is 4.98. The van der Waals surface area contributed by atoms with Gasteiger partial charge in [-0.3, -0.25) is 4.79 Å². The summed E-state index contributed by atoms with van der Waals surface area (Å²) >= 11 is 0. The Balaban J connectivity index is 2.56. The van der Waals surface area contributed by atoms with Crippen LogP contribution in [0.2, 0.25) is 0 Å². The van der Waals surface area contributed by atoms with E-state index in [2.05, 4.69) is 5.32 Å². The highest BCUT2D eigenvalue weighted by molar-refractivity contribution is 5.77. The van der Waals surface area contributed by atoms with Gasteiger partial charge in [-0.25, -0.2) is 0 Å². The lowest BCUT2D eigenvalue weighted by Gasteiger charge is -2.14. The van der Waals surface area contributed by atoms with E-state index >= 15 is 0 Å². The number of amides is 1. The average Bonchev–Trinajstić information content (AvgIpc) is 2.36. The monoisotopic (exact) mass is 264 g/mol. The van der Waals surface area contributed by atoms with Crippen molar-refractivity contribution in [3.63, 3.8) is 0 Å². The summed E-state index contributed by atoms with van der Waals surface area (Å²) in [5.41, 5.74) is 7.88. The van der Waals surface area contributed by atoms with E-state index in [0.29, 0.717) is 0 Å². The molecule has 106 valence electrons. The molecule has 1 amide bonds. The molecule has 0 saturated carbocycles. The fraction of sp³-hybridized carbons (Fsp3) is 0.533. The largest absolute Gasteiger partial charge is 0.484 e. The topological polar surface area (TPSA) is 64.3 Å². The van der Waals surface area contributed by atoms with E-state index in [-0.39, 0.29) is 24.6 Å². The van der Waals surface area contributed by atoms with Gasteiger partial charge in [0.15, 0.2) is 6.61 Å². The number of aryl methyl sites for hydroxylation is 1. The second kappa shape index (κ2) is 7.14. The zero-order valence-electron chi connectivity index (χ0n) is 12.2. The number of nitrogens with one attached hydrogen (secondary N) is 1. The number of hydrogen-bond donors (Lipinski definition) is 2. The molecule has 0 aromatic heterocycles. The van der Waals surface area contributed by atoms with Crippen LogP contribution in [0.25, 0.3) is 0 Å². The van der Waals surface area contributed by atoms with Crippen LogP contribution >= 0.6 is 0 Å². The maximum absolute atomic E-state index is 11.6. The number of carbonyl (C=O) groups excluding carboxylic acids is 1. The lowest BCUT2D eigenvalue weighted by Crippen LogP contribution is -2.35. The third kappa shape index (κ3) is 4.91.